The smallest absolute Gasteiger partial charge is 0.144 e. The molecule has 0 bridgehead atoms. The van der Waals surface area contributed by atoms with Crippen molar-refractivity contribution < 1.29 is 9.13 Å². The van der Waals surface area contributed by atoms with E-state index in [-0.39, 0.29) is 11.6 Å². The van der Waals surface area contributed by atoms with Crippen molar-refractivity contribution in [2.24, 2.45) is 0 Å². The Labute approximate surface area is 124 Å². The molecule has 0 radical (unpaired) electrons. The second-order valence-corrected chi connectivity index (χ2v) is 5.06. The number of nitrogen functional groups attached to an aromatic ring is 1. The zero-order valence-electron chi connectivity index (χ0n) is 9.59. The monoisotopic (exact) mass is 319 g/mol. The molecular weight excluding hydrogens is 312 g/mol. The SMILES string of the molecule is Nc1cc(Cl)c(Cl)cc1OCc1ccc(Cl)c(F)c1. The lowest BCUT2D eigenvalue weighted by molar-refractivity contribution is 0.307. The lowest BCUT2D eigenvalue weighted by atomic mass is 10.2. The maximum Gasteiger partial charge on any atom is 0.144 e. The zero-order valence-corrected chi connectivity index (χ0v) is 11.9. The number of benzene rings is 2. The number of nitrogens with two attached hydrogens (primary N) is 1. The summed E-state index contributed by atoms with van der Waals surface area (Å²) in [6.07, 6.45) is 0. The first kappa shape index (κ1) is 14.3. The van der Waals surface area contributed by atoms with Crippen LogP contribution < -0.4 is 10.5 Å². The third-order valence-corrected chi connectivity index (χ3v) is 3.46. The van der Waals surface area contributed by atoms with Gasteiger partial charge in [0.2, 0.25) is 0 Å². The predicted octanol–water partition coefficient (Wildman–Crippen LogP) is 4.95. The Morgan fingerprint density at radius 3 is 2.37 bits per heavy atom. The number of ether oxygens (including phenoxy) is 1. The van der Waals surface area contributed by atoms with Gasteiger partial charge in [-0.1, -0.05) is 40.9 Å². The van der Waals surface area contributed by atoms with Crippen LogP contribution in [0.1, 0.15) is 5.56 Å². The predicted molar refractivity (Wildman–Crippen MR) is 76.6 cm³/mol. The Morgan fingerprint density at radius 2 is 1.68 bits per heavy atom. The molecule has 0 unspecified atom stereocenters. The number of hydrogen-bond donors (Lipinski definition) is 1. The summed E-state index contributed by atoms with van der Waals surface area (Å²) < 4.78 is 18.7. The molecule has 2 aromatic carbocycles. The van der Waals surface area contributed by atoms with Gasteiger partial charge in [0.1, 0.15) is 18.2 Å². The van der Waals surface area contributed by atoms with Crippen LogP contribution in [0.3, 0.4) is 0 Å². The van der Waals surface area contributed by atoms with E-state index in [1.165, 1.54) is 24.3 Å². The highest BCUT2D eigenvalue weighted by atomic mass is 35.5. The Bertz CT molecular complexity index is 619. The van der Waals surface area contributed by atoms with Crippen LogP contribution in [-0.2, 0) is 6.61 Å². The van der Waals surface area contributed by atoms with E-state index in [1.54, 1.807) is 6.07 Å². The fourth-order valence-electron chi connectivity index (χ4n) is 1.46. The van der Waals surface area contributed by atoms with Crippen LogP contribution in [0.4, 0.5) is 10.1 Å². The Balaban J connectivity index is 2.14. The second-order valence-electron chi connectivity index (χ2n) is 3.84. The van der Waals surface area contributed by atoms with Gasteiger partial charge in [0, 0.05) is 6.07 Å². The molecule has 2 aromatic rings. The van der Waals surface area contributed by atoms with Gasteiger partial charge in [-0.05, 0) is 23.8 Å². The van der Waals surface area contributed by atoms with Crippen molar-refractivity contribution in [3.05, 3.63) is 56.8 Å². The van der Waals surface area contributed by atoms with E-state index < -0.39 is 5.82 Å². The molecule has 0 amide bonds. The largest absolute Gasteiger partial charge is 0.487 e. The van der Waals surface area contributed by atoms with Crippen LogP contribution in [-0.4, -0.2) is 0 Å². The van der Waals surface area contributed by atoms with Crippen LogP contribution in [0.25, 0.3) is 0 Å². The fourth-order valence-corrected chi connectivity index (χ4v) is 1.90. The van der Waals surface area contributed by atoms with Crippen LogP contribution in [0.15, 0.2) is 30.3 Å². The van der Waals surface area contributed by atoms with Gasteiger partial charge in [0.05, 0.1) is 20.8 Å². The highest BCUT2D eigenvalue weighted by Gasteiger charge is 2.07. The second kappa shape index (κ2) is 5.87. The topological polar surface area (TPSA) is 35.2 Å². The standard InChI is InChI=1S/C13H9Cl3FNO/c14-8-2-1-7(3-11(8)17)6-19-13-5-10(16)9(15)4-12(13)18/h1-5H,6,18H2. The molecular formula is C13H9Cl3FNO. The fraction of sp³-hybridized carbons (Fsp3) is 0.0769. The highest BCUT2D eigenvalue weighted by molar-refractivity contribution is 6.42. The molecule has 19 heavy (non-hydrogen) atoms. The molecule has 0 atom stereocenters. The van der Waals surface area contributed by atoms with Crippen molar-refractivity contribution in [2.45, 2.75) is 6.61 Å². The summed E-state index contributed by atoms with van der Waals surface area (Å²) in [6.45, 7) is 0.149. The summed E-state index contributed by atoms with van der Waals surface area (Å²) in [5.41, 5.74) is 6.74. The molecule has 0 aliphatic heterocycles. The molecule has 0 spiro atoms. The van der Waals surface area contributed by atoms with Gasteiger partial charge in [0.15, 0.2) is 0 Å². The summed E-state index contributed by atoms with van der Waals surface area (Å²) in [4.78, 5) is 0. The first-order chi connectivity index (χ1) is 8.97. The van der Waals surface area contributed by atoms with Crippen molar-refractivity contribution in [1.82, 2.24) is 0 Å². The summed E-state index contributed by atoms with van der Waals surface area (Å²) in [5.74, 6) is -0.102. The molecule has 0 heterocycles. The molecule has 0 aliphatic rings. The summed E-state index contributed by atoms with van der Waals surface area (Å²) in [7, 11) is 0. The van der Waals surface area contributed by atoms with E-state index >= 15 is 0 Å². The van der Waals surface area contributed by atoms with Gasteiger partial charge in [-0.25, -0.2) is 4.39 Å². The first-order valence-corrected chi connectivity index (χ1v) is 6.42. The summed E-state index contributed by atoms with van der Waals surface area (Å²) in [5, 5.41) is 0.759. The van der Waals surface area contributed by atoms with Crippen molar-refractivity contribution in [3.8, 4) is 5.75 Å². The third kappa shape index (κ3) is 3.44. The molecule has 2 N–H and O–H groups in total. The first-order valence-electron chi connectivity index (χ1n) is 5.28. The Morgan fingerprint density at radius 1 is 1.00 bits per heavy atom. The Kier molecular flexibility index (Phi) is 4.40. The maximum absolute atomic E-state index is 13.3. The number of hydrogen-bond acceptors (Lipinski definition) is 2. The maximum atomic E-state index is 13.3. The van der Waals surface area contributed by atoms with Crippen molar-refractivity contribution in [1.29, 1.82) is 0 Å². The van der Waals surface area contributed by atoms with Crippen LogP contribution >= 0.6 is 34.8 Å². The number of rotatable bonds is 3. The van der Waals surface area contributed by atoms with Crippen molar-refractivity contribution >= 4 is 40.5 Å². The van der Waals surface area contributed by atoms with Crippen molar-refractivity contribution in [3.63, 3.8) is 0 Å². The highest BCUT2D eigenvalue weighted by Crippen LogP contribution is 2.32. The molecule has 0 fully saturated rings. The van der Waals surface area contributed by atoms with E-state index in [0.717, 1.165) is 0 Å². The van der Waals surface area contributed by atoms with E-state index in [0.29, 0.717) is 27.0 Å². The summed E-state index contributed by atoms with van der Waals surface area (Å²) in [6, 6.07) is 7.45. The van der Waals surface area contributed by atoms with Gasteiger partial charge in [0.25, 0.3) is 0 Å². The molecule has 0 saturated carbocycles. The Hall–Kier alpha value is -1.16. The quantitative estimate of drug-likeness (QED) is 0.812. The molecule has 2 nitrogen and oxygen atoms in total. The molecule has 0 saturated heterocycles. The number of anilines is 1. The average molecular weight is 321 g/mol. The zero-order chi connectivity index (χ0) is 14.0. The van der Waals surface area contributed by atoms with Gasteiger partial charge in [-0.2, -0.15) is 0 Å². The third-order valence-electron chi connectivity index (χ3n) is 2.43. The molecule has 0 aliphatic carbocycles. The van der Waals surface area contributed by atoms with Gasteiger partial charge < -0.3 is 10.5 Å². The normalized spacial score (nSPS) is 10.5. The van der Waals surface area contributed by atoms with E-state index in [9.17, 15) is 4.39 Å². The molecule has 6 heteroatoms. The van der Waals surface area contributed by atoms with E-state index in [1.807, 2.05) is 0 Å². The van der Waals surface area contributed by atoms with Gasteiger partial charge in [-0.3, -0.25) is 0 Å². The van der Waals surface area contributed by atoms with Crippen molar-refractivity contribution in [2.75, 3.05) is 5.73 Å². The molecule has 0 aromatic heterocycles. The van der Waals surface area contributed by atoms with Crippen LogP contribution in [0.5, 0.6) is 5.75 Å². The van der Waals surface area contributed by atoms with Gasteiger partial charge in [-0.15, -0.1) is 0 Å². The van der Waals surface area contributed by atoms with E-state index in [4.69, 9.17) is 45.3 Å². The van der Waals surface area contributed by atoms with Gasteiger partial charge >= 0.3 is 0 Å². The minimum Gasteiger partial charge on any atom is -0.487 e. The average Bonchev–Trinajstić information content (AvgIpc) is 2.36. The summed E-state index contributed by atoms with van der Waals surface area (Å²) >= 11 is 17.3. The lowest BCUT2D eigenvalue weighted by Crippen LogP contribution is -1.99. The molecule has 2 rings (SSSR count). The minimum absolute atomic E-state index is 0.0674. The van der Waals surface area contributed by atoms with Crippen LogP contribution in [0.2, 0.25) is 15.1 Å². The minimum atomic E-state index is -0.495. The van der Waals surface area contributed by atoms with E-state index in [2.05, 4.69) is 0 Å². The number of halogens is 4. The lowest BCUT2D eigenvalue weighted by Gasteiger charge is -2.10. The molecule has 100 valence electrons. The van der Waals surface area contributed by atoms with Crippen LogP contribution in [0, 0.1) is 5.82 Å².